The minimum absolute atomic E-state index is 0.132. The summed E-state index contributed by atoms with van der Waals surface area (Å²) < 4.78 is 2.08. The van der Waals surface area contributed by atoms with Gasteiger partial charge >= 0.3 is 0 Å². The quantitative estimate of drug-likeness (QED) is 0.925. The van der Waals surface area contributed by atoms with Gasteiger partial charge in [0.2, 0.25) is 0 Å². The second-order valence-electron chi connectivity index (χ2n) is 5.44. The molecule has 1 aliphatic carbocycles. The van der Waals surface area contributed by atoms with Gasteiger partial charge in [0.15, 0.2) is 4.96 Å². The van der Waals surface area contributed by atoms with Crippen LogP contribution in [0.1, 0.15) is 38.3 Å². The van der Waals surface area contributed by atoms with Crippen LogP contribution in [0.4, 0.5) is 0 Å². The Kier molecular flexibility index (Phi) is 3.39. The Balaban J connectivity index is 1.72. The van der Waals surface area contributed by atoms with E-state index in [4.69, 9.17) is 0 Å². The molecular formula is C14H20N2OS. The van der Waals surface area contributed by atoms with Crippen LogP contribution in [-0.4, -0.2) is 20.6 Å². The summed E-state index contributed by atoms with van der Waals surface area (Å²) in [5, 5.41) is 12.2. The van der Waals surface area contributed by atoms with Gasteiger partial charge in [-0.05, 0) is 37.5 Å². The van der Waals surface area contributed by atoms with Crippen molar-refractivity contribution in [2.75, 3.05) is 0 Å². The number of aliphatic hydroxyl groups is 1. The van der Waals surface area contributed by atoms with Crippen molar-refractivity contribution in [2.24, 2.45) is 11.8 Å². The van der Waals surface area contributed by atoms with Crippen LogP contribution in [0.2, 0.25) is 0 Å². The highest BCUT2D eigenvalue weighted by atomic mass is 32.1. The van der Waals surface area contributed by atoms with E-state index in [1.54, 1.807) is 11.3 Å². The largest absolute Gasteiger partial charge is 0.393 e. The summed E-state index contributed by atoms with van der Waals surface area (Å²) in [6.07, 6.45) is 9.48. The van der Waals surface area contributed by atoms with Gasteiger partial charge in [0.05, 0.1) is 11.8 Å². The molecule has 0 radical (unpaired) electrons. The van der Waals surface area contributed by atoms with Gasteiger partial charge in [-0.25, -0.2) is 4.98 Å². The fraction of sp³-hybridized carbons (Fsp3) is 0.643. The minimum atomic E-state index is -0.132. The number of nitrogens with zero attached hydrogens (tertiary/aromatic N) is 2. The van der Waals surface area contributed by atoms with E-state index in [1.807, 2.05) is 6.20 Å². The average molecular weight is 264 g/mol. The Bertz CT molecular complexity index is 490. The maximum Gasteiger partial charge on any atom is 0.193 e. The van der Waals surface area contributed by atoms with Gasteiger partial charge in [0, 0.05) is 17.8 Å². The summed E-state index contributed by atoms with van der Waals surface area (Å²) in [7, 11) is 0. The lowest BCUT2D eigenvalue weighted by Crippen LogP contribution is -2.30. The first kappa shape index (κ1) is 12.2. The van der Waals surface area contributed by atoms with Gasteiger partial charge in [-0.2, -0.15) is 0 Å². The number of aromatic nitrogens is 2. The number of rotatable bonds is 3. The van der Waals surface area contributed by atoms with E-state index in [-0.39, 0.29) is 6.10 Å². The summed E-state index contributed by atoms with van der Waals surface area (Å²) in [5.74, 6) is 1.19. The van der Waals surface area contributed by atoms with Crippen molar-refractivity contribution < 1.29 is 5.11 Å². The molecule has 4 heteroatoms. The SMILES string of the molecule is CCC1CCC(O)C(Cc2cn3ccsc3n2)C1. The summed E-state index contributed by atoms with van der Waals surface area (Å²) in [6.45, 7) is 2.26. The highest BCUT2D eigenvalue weighted by Crippen LogP contribution is 2.33. The lowest BCUT2D eigenvalue weighted by Gasteiger charge is -2.32. The van der Waals surface area contributed by atoms with E-state index in [1.165, 1.54) is 12.8 Å². The Morgan fingerprint density at radius 1 is 1.50 bits per heavy atom. The van der Waals surface area contributed by atoms with Crippen LogP contribution in [0.3, 0.4) is 0 Å². The number of fused-ring (bicyclic) bond motifs is 1. The highest BCUT2D eigenvalue weighted by molar-refractivity contribution is 7.15. The van der Waals surface area contributed by atoms with Gasteiger partial charge in [-0.15, -0.1) is 11.3 Å². The summed E-state index contributed by atoms with van der Waals surface area (Å²) in [6, 6.07) is 0. The molecule has 0 bridgehead atoms. The predicted molar refractivity (Wildman–Crippen MR) is 73.9 cm³/mol. The Hall–Kier alpha value is -0.870. The average Bonchev–Trinajstić information content (AvgIpc) is 2.92. The molecule has 2 aromatic heterocycles. The monoisotopic (exact) mass is 264 g/mol. The van der Waals surface area contributed by atoms with Gasteiger partial charge in [-0.1, -0.05) is 13.3 Å². The third-order valence-electron chi connectivity index (χ3n) is 4.24. The predicted octanol–water partition coefficient (Wildman–Crippen LogP) is 3.13. The van der Waals surface area contributed by atoms with Gasteiger partial charge in [0.25, 0.3) is 0 Å². The van der Waals surface area contributed by atoms with Gasteiger partial charge < -0.3 is 5.11 Å². The normalized spacial score (nSPS) is 28.9. The molecule has 3 rings (SSSR count). The smallest absolute Gasteiger partial charge is 0.193 e. The molecular weight excluding hydrogens is 244 g/mol. The fourth-order valence-electron chi connectivity index (χ4n) is 3.08. The molecule has 98 valence electrons. The summed E-state index contributed by atoms with van der Waals surface area (Å²) in [4.78, 5) is 5.68. The van der Waals surface area contributed by atoms with Crippen molar-refractivity contribution in [1.29, 1.82) is 0 Å². The van der Waals surface area contributed by atoms with Crippen molar-refractivity contribution in [3.8, 4) is 0 Å². The third-order valence-corrected chi connectivity index (χ3v) is 5.01. The standard InChI is InChI=1S/C14H20N2OS/c1-2-10-3-4-13(17)11(7-10)8-12-9-16-5-6-18-14(16)15-12/h5-6,9-11,13,17H,2-4,7-8H2,1H3. The molecule has 18 heavy (non-hydrogen) atoms. The molecule has 1 saturated carbocycles. The number of imidazole rings is 1. The number of hydrogen-bond donors (Lipinski definition) is 1. The third kappa shape index (κ3) is 2.31. The molecule has 0 aliphatic heterocycles. The zero-order chi connectivity index (χ0) is 12.5. The fourth-order valence-corrected chi connectivity index (χ4v) is 3.80. The molecule has 3 atom stereocenters. The summed E-state index contributed by atoms with van der Waals surface area (Å²) >= 11 is 1.67. The maximum absolute atomic E-state index is 10.1. The Morgan fingerprint density at radius 2 is 2.39 bits per heavy atom. The van der Waals surface area contributed by atoms with Crippen LogP contribution in [0.5, 0.6) is 0 Å². The van der Waals surface area contributed by atoms with Crippen LogP contribution in [-0.2, 0) is 6.42 Å². The van der Waals surface area contributed by atoms with Crippen LogP contribution >= 0.6 is 11.3 Å². The lowest BCUT2D eigenvalue weighted by atomic mass is 9.76. The van der Waals surface area contributed by atoms with Crippen molar-refractivity contribution in [1.82, 2.24) is 9.38 Å². The molecule has 2 aromatic rings. The van der Waals surface area contributed by atoms with Crippen LogP contribution < -0.4 is 0 Å². The zero-order valence-corrected chi connectivity index (χ0v) is 11.6. The number of hydrogen-bond acceptors (Lipinski definition) is 3. The molecule has 2 heterocycles. The molecule has 3 nitrogen and oxygen atoms in total. The first-order valence-corrected chi connectivity index (χ1v) is 7.73. The van der Waals surface area contributed by atoms with Gasteiger partial charge in [0.1, 0.15) is 0 Å². The van der Waals surface area contributed by atoms with E-state index >= 15 is 0 Å². The molecule has 0 amide bonds. The van der Waals surface area contributed by atoms with E-state index in [2.05, 4.69) is 27.9 Å². The van der Waals surface area contributed by atoms with Crippen molar-refractivity contribution in [3.63, 3.8) is 0 Å². The minimum Gasteiger partial charge on any atom is -0.393 e. The Labute approximate surface area is 111 Å². The molecule has 1 N–H and O–H groups in total. The van der Waals surface area contributed by atoms with Crippen LogP contribution in [0.25, 0.3) is 4.96 Å². The highest BCUT2D eigenvalue weighted by Gasteiger charge is 2.28. The van der Waals surface area contributed by atoms with Crippen LogP contribution in [0.15, 0.2) is 17.8 Å². The molecule has 3 unspecified atom stereocenters. The second-order valence-corrected chi connectivity index (χ2v) is 6.32. The first-order valence-electron chi connectivity index (χ1n) is 6.85. The molecule has 1 fully saturated rings. The van der Waals surface area contributed by atoms with E-state index in [0.29, 0.717) is 5.92 Å². The van der Waals surface area contributed by atoms with Crippen LogP contribution in [0, 0.1) is 11.8 Å². The number of thiazole rings is 1. The second kappa shape index (κ2) is 5.02. The molecule has 0 saturated heterocycles. The summed E-state index contributed by atoms with van der Waals surface area (Å²) in [5.41, 5.74) is 1.13. The number of aliphatic hydroxyl groups excluding tert-OH is 1. The first-order chi connectivity index (χ1) is 8.76. The molecule has 0 spiro atoms. The Morgan fingerprint density at radius 3 is 3.17 bits per heavy atom. The van der Waals surface area contributed by atoms with Gasteiger partial charge in [-0.3, -0.25) is 4.40 Å². The lowest BCUT2D eigenvalue weighted by molar-refractivity contribution is 0.0471. The topological polar surface area (TPSA) is 37.5 Å². The van der Waals surface area contributed by atoms with E-state index in [0.717, 1.165) is 35.8 Å². The zero-order valence-electron chi connectivity index (χ0n) is 10.7. The van der Waals surface area contributed by atoms with Crippen molar-refractivity contribution >= 4 is 16.3 Å². The van der Waals surface area contributed by atoms with E-state index < -0.39 is 0 Å². The van der Waals surface area contributed by atoms with E-state index in [9.17, 15) is 5.11 Å². The molecule has 1 aliphatic rings. The maximum atomic E-state index is 10.1. The molecule has 0 aromatic carbocycles. The van der Waals surface area contributed by atoms with Crippen molar-refractivity contribution in [3.05, 3.63) is 23.5 Å². The van der Waals surface area contributed by atoms with Crippen molar-refractivity contribution in [2.45, 2.75) is 45.1 Å².